The molecule has 0 aliphatic carbocycles. The third-order valence-corrected chi connectivity index (χ3v) is 4.77. The second-order valence-electron chi connectivity index (χ2n) is 6.62. The molecule has 0 atom stereocenters. The molecule has 0 aliphatic rings. The summed E-state index contributed by atoms with van der Waals surface area (Å²) in [6.45, 7) is 2.39. The third kappa shape index (κ3) is 3.93. The number of nitrogens with one attached hydrogen (secondary N) is 1. The fourth-order valence-corrected chi connectivity index (χ4v) is 3.23. The molecule has 152 valence electrons. The van der Waals surface area contributed by atoms with Crippen molar-refractivity contribution in [1.29, 1.82) is 0 Å². The van der Waals surface area contributed by atoms with E-state index >= 15 is 0 Å². The Labute approximate surface area is 174 Å². The van der Waals surface area contributed by atoms with Gasteiger partial charge in [-0.05, 0) is 54.4 Å². The van der Waals surface area contributed by atoms with Crippen molar-refractivity contribution in [3.63, 3.8) is 0 Å². The lowest BCUT2D eigenvalue weighted by atomic mass is 10.1. The van der Waals surface area contributed by atoms with E-state index in [0.29, 0.717) is 24.3 Å². The lowest BCUT2D eigenvalue weighted by Crippen LogP contribution is -2.24. The molecular formula is C22H22N6O2. The van der Waals surface area contributed by atoms with E-state index in [1.165, 1.54) is 0 Å². The quantitative estimate of drug-likeness (QED) is 0.514. The lowest BCUT2D eigenvalue weighted by molar-refractivity contribution is 0.0950. The van der Waals surface area contributed by atoms with Crippen molar-refractivity contribution in [1.82, 2.24) is 29.9 Å². The lowest BCUT2D eigenvalue weighted by Gasteiger charge is -2.10. The number of carbonyl (C=O) groups is 1. The molecule has 0 fully saturated rings. The van der Waals surface area contributed by atoms with Crippen LogP contribution < -0.4 is 10.1 Å². The molecule has 3 heterocycles. The molecule has 0 spiro atoms. The highest BCUT2D eigenvalue weighted by molar-refractivity contribution is 5.95. The van der Waals surface area contributed by atoms with Crippen molar-refractivity contribution in [3.05, 3.63) is 84.1 Å². The predicted octanol–water partition coefficient (Wildman–Crippen LogP) is 2.95. The van der Waals surface area contributed by atoms with Crippen molar-refractivity contribution in [2.75, 3.05) is 7.11 Å². The summed E-state index contributed by atoms with van der Waals surface area (Å²) in [4.78, 5) is 17.1. The molecule has 3 aromatic heterocycles. The Morgan fingerprint density at radius 2 is 1.97 bits per heavy atom. The van der Waals surface area contributed by atoms with Crippen molar-refractivity contribution < 1.29 is 9.53 Å². The number of amides is 1. The average Bonchev–Trinajstić information content (AvgIpc) is 3.48. The molecule has 1 amide bonds. The third-order valence-electron chi connectivity index (χ3n) is 4.77. The van der Waals surface area contributed by atoms with Gasteiger partial charge >= 0.3 is 0 Å². The first-order valence-electron chi connectivity index (χ1n) is 9.64. The number of hydrogen-bond acceptors (Lipinski definition) is 5. The molecular weight excluding hydrogens is 380 g/mol. The van der Waals surface area contributed by atoms with Crippen LogP contribution in [0.1, 0.15) is 28.5 Å². The van der Waals surface area contributed by atoms with Crippen molar-refractivity contribution in [2.45, 2.75) is 19.9 Å². The monoisotopic (exact) mass is 402 g/mol. The van der Waals surface area contributed by atoms with Gasteiger partial charge in [-0.3, -0.25) is 4.79 Å². The summed E-state index contributed by atoms with van der Waals surface area (Å²) in [7, 11) is 1.63. The molecule has 0 saturated heterocycles. The zero-order valence-electron chi connectivity index (χ0n) is 16.8. The predicted molar refractivity (Wildman–Crippen MR) is 112 cm³/mol. The van der Waals surface area contributed by atoms with Gasteiger partial charge in [-0.25, -0.2) is 14.3 Å². The van der Waals surface area contributed by atoms with E-state index in [4.69, 9.17) is 4.74 Å². The fourth-order valence-electron chi connectivity index (χ4n) is 3.23. The van der Waals surface area contributed by atoms with E-state index in [9.17, 15) is 4.79 Å². The molecule has 1 aromatic carbocycles. The van der Waals surface area contributed by atoms with Gasteiger partial charge in [-0.2, -0.15) is 10.2 Å². The minimum absolute atomic E-state index is 0.163. The maximum absolute atomic E-state index is 12.8. The number of aromatic nitrogens is 5. The van der Waals surface area contributed by atoms with E-state index in [1.807, 2.05) is 55.6 Å². The van der Waals surface area contributed by atoms with Crippen LogP contribution in [0.3, 0.4) is 0 Å². The van der Waals surface area contributed by atoms with Crippen LogP contribution in [0.2, 0.25) is 0 Å². The summed E-state index contributed by atoms with van der Waals surface area (Å²) in [6.07, 6.45) is 7.51. The van der Waals surface area contributed by atoms with E-state index in [1.54, 1.807) is 35.1 Å². The minimum Gasteiger partial charge on any atom is -0.497 e. The highest BCUT2D eigenvalue weighted by Crippen LogP contribution is 2.19. The second kappa shape index (κ2) is 8.60. The molecule has 0 radical (unpaired) electrons. The largest absolute Gasteiger partial charge is 0.497 e. The van der Waals surface area contributed by atoms with Gasteiger partial charge in [0.1, 0.15) is 5.75 Å². The van der Waals surface area contributed by atoms with E-state index in [2.05, 4.69) is 20.5 Å². The van der Waals surface area contributed by atoms with Gasteiger partial charge in [0.2, 0.25) is 0 Å². The van der Waals surface area contributed by atoms with Crippen molar-refractivity contribution in [3.8, 4) is 17.3 Å². The maximum Gasteiger partial charge on any atom is 0.255 e. The molecule has 8 nitrogen and oxygen atoms in total. The van der Waals surface area contributed by atoms with Gasteiger partial charge < -0.3 is 10.1 Å². The maximum atomic E-state index is 12.8. The smallest absolute Gasteiger partial charge is 0.255 e. The Balaban J connectivity index is 1.50. The normalized spacial score (nSPS) is 10.7. The van der Waals surface area contributed by atoms with Crippen molar-refractivity contribution in [2.24, 2.45) is 0 Å². The van der Waals surface area contributed by atoms with Crippen LogP contribution >= 0.6 is 0 Å². The first-order valence-corrected chi connectivity index (χ1v) is 9.64. The van der Waals surface area contributed by atoms with Crippen LogP contribution in [0.15, 0.2) is 67.3 Å². The van der Waals surface area contributed by atoms with Crippen LogP contribution in [-0.2, 0) is 13.0 Å². The van der Waals surface area contributed by atoms with Gasteiger partial charge in [0.05, 0.1) is 30.3 Å². The zero-order valence-corrected chi connectivity index (χ0v) is 16.8. The number of hydrogen-bond donors (Lipinski definition) is 1. The molecule has 4 aromatic rings. The summed E-state index contributed by atoms with van der Waals surface area (Å²) in [5.74, 6) is 1.31. The highest BCUT2D eigenvalue weighted by atomic mass is 16.5. The zero-order chi connectivity index (χ0) is 20.9. The van der Waals surface area contributed by atoms with Crippen molar-refractivity contribution >= 4 is 5.91 Å². The number of rotatable bonds is 7. The number of benzene rings is 1. The van der Waals surface area contributed by atoms with Gasteiger partial charge in [-0.1, -0.05) is 6.92 Å². The molecule has 0 unspecified atom stereocenters. The molecule has 4 rings (SSSR count). The standard InChI is InChI=1S/C22H22N6O2/c1-3-20-19(15-26-28(20)17-5-7-18(30-2)8-6-17)22(29)24-14-16-9-11-23-21(13-16)27-12-4-10-25-27/h4-13,15H,3,14H2,1-2H3,(H,24,29). The van der Waals surface area contributed by atoms with E-state index in [-0.39, 0.29) is 5.91 Å². The Morgan fingerprint density at radius 3 is 2.67 bits per heavy atom. The highest BCUT2D eigenvalue weighted by Gasteiger charge is 2.17. The summed E-state index contributed by atoms with van der Waals surface area (Å²) in [5.41, 5.74) is 3.23. The number of nitrogens with zero attached hydrogens (tertiary/aromatic N) is 5. The van der Waals surface area contributed by atoms with Crippen LogP contribution in [0.4, 0.5) is 0 Å². The minimum atomic E-state index is -0.163. The first kappa shape index (κ1) is 19.4. The van der Waals surface area contributed by atoms with Crippen LogP contribution in [0.5, 0.6) is 5.75 Å². The Kier molecular flexibility index (Phi) is 5.56. The van der Waals surface area contributed by atoms with E-state index < -0.39 is 0 Å². The van der Waals surface area contributed by atoms with Crippen LogP contribution in [0.25, 0.3) is 11.5 Å². The number of pyridine rings is 1. The topological polar surface area (TPSA) is 86.9 Å². The molecule has 0 bridgehead atoms. The van der Waals surface area contributed by atoms with Crippen LogP contribution in [-0.4, -0.2) is 37.6 Å². The van der Waals surface area contributed by atoms with Gasteiger partial charge in [0, 0.05) is 25.1 Å². The molecule has 0 aliphatic heterocycles. The molecule has 30 heavy (non-hydrogen) atoms. The van der Waals surface area contributed by atoms with Gasteiger partial charge in [0.15, 0.2) is 5.82 Å². The molecule has 0 saturated carbocycles. The van der Waals surface area contributed by atoms with Crippen LogP contribution in [0, 0.1) is 0 Å². The Morgan fingerprint density at radius 1 is 1.13 bits per heavy atom. The summed E-state index contributed by atoms with van der Waals surface area (Å²) in [5, 5.41) is 11.6. The number of ether oxygens (including phenoxy) is 1. The molecule has 8 heteroatoms. The number of methoxy groups -OCH3 is 1. The van der Waals surface area contributed by atoms with Gasteiger partial charge in [0.25, 0.3) is 5.91 Å². The first-order chi connectivity index (χ1) is 14.7. The summed E-state index contributed by atoms with van der Waals surface area (Å²) in [6, 6.07) is 13.2. The fraction of sp³-hybridized carbons (Fsp3) is 0.182. The van der Waals surface area contributed by atoms with Gasteiger partial charge in [-0.15, -0.1) is 0 Å². The summed E-state index contributed by atoms with van der Waals surface area (Å²) >= 11 is 0. The second-order valence-corrected chi connectivity index (χ2v) is 6.62. The Bertz CT molecular complexity index is 1130. The molecule has 1 N–H and O–H groups in total. The Hall–Kier alpha value is -3.94. The number of carbonyl (C=O) groups excluding carboxylic acids is 1. The van der Waals surface area contributed by atoms with E-state index in [0.717, 1.165) is 22.7 Å². The SMILES string of the molecule is CCc1c(C(=O)NCc2ccnc(-n3cccn3)c2)cnn1-c1ccc(OC)cc1. The summed E-state index contributed by atoms with van der Waals surface area (Å²) < 4.78 is 8.68. The average molecular weight is 402 g/mol.